The van der Waals surface area contributed by atoms with E-state index in [0.29, 0.717) is 18.5 Å². The number of aryl methyl sites for hydroxylation is 1. The van der Waals surface area contributed by atoms with Crippen LogP contribution in [0.5, 0.6) is 5.75 Å². The van der Waals surface area contributed by atoms with Crippen LogP contribution in [0.3, 0.4) is 0 Å². The minimum atomic E-state index is -0.116. The molecule has 3 aromatic rings. The SMILES string of the molecule is CCn1c2c(c(O)c(C)c1=O)CC=Cc1cc3c(ccn3C)cc1-2. The second-order valence-corrected chi connectivity index (χ2v) is 6.38. The fourth-order valence-corrected chi connectivity index (χ4v) is 3.69. The van der Waals surface area contributed by atoms with Crippen LogP contribution in [-0.2, 0) is 20.0 Å². The number of aromatic nitrogens is 2. The van der Waals surface area contributed by atoms with E-state index in [1.54, 1.807) is 11.5 Å². The van der Waals surface area contributed by atoms with Crippen molar-refractivity contribution < 1.29 is 5.11 Å². The lowest BCUT2D eigenvalue weighted by atomic mass is 9.97. The van der Waals surface area contributed by atoms with Gasteiger partial charge in [-0.05, 0) is 44.0 Å². The van der Waals surface area contributed by atoms with Gasteiger partial charge in [0.05, 0.1) is 11.3 Å². The lowest BCUT2D eigenvalue weighted by Gasteiger charge is -2.19. The molecule has 0 bridgehead atoms. The van der Waals surface area contributed by atoms with E-state index in [1.807, 2.05) is 20.2 Å². The van der Waals surface area contributed by atoms with Gasteiger partial charge in [-0.15, -0.1) is 0 Å². The van der Waals surface area contributed by atoms with E-state index in [9.17, 15) is 9.90 Å². The minimum absolute atomic E-state index is 0.116. The molecule has 122 valence electrons. The summed E-state index contributed by atoms with van der Waals surface area (Å²) in [6.07, 6.45) is 6.80. The molecule has 0 fully saturated rings. The highest BCUT2D eigenvalue weighted by Crippen LogP contribution is 2.38. The quantitative estimate of drug-likeness (QED) is 0.744. The average Bonchev–Trinajstić information content (AvgIpc) is 2.83. The van der Waals surface area contributed by atoms with Crippen LogP contribution in [0.25, 0.3) is 28.2 Å². The van der Waals surface area contributed by atoms with E-state index >= 15 is 0 Å². The summed E-state index contributed by atoms with van der Waals surface area (Å²) < 4.78 is 3.87. The smallest absolute Gasteiger partial charge is 0.257 e. The monoisotopic (exact) mass is 320 g/mol. The van der Waals surface area contributed by atoms with Gasteiger partial charge in [0, 0.05) is 41.8 Å². The number of nitrogens with zero attached hydrogens (tertiary/aromatic N) is 2. The Hall–Kier alpha value is -2.75. The number of hydrogen-bond donors (Lipinski definition) is 1. The van der Waals surface area contributed by atoms with Gasteiger partial charge in [-0.3, -0.25) is 4.79 Å². The number of rotatable bonds is 1. The minimum Gasteiger partial charge on any atom is -0.507 e. The second-order valence-electron chi connectivity index (χ2n) is 6.38. The van der Waals surface area contributed by atoms with Crippen molar-refractivity contribution in [2.45, 2.75) is 26.8 Å². The molecule has 1 aromatic carbocycles. The van der Waals surface area contributed by atoms with Crippen molar-refractivity contribution >= 4 is 17.0 Å². The first-order valence-electron chi connectivity index (χ1n) is 8.24. The van der Waals surface area contributed by atoms with Gasteiger partial charge in [0.15, 0.2) is 0 Å². The predicted molar refractivity (Wildman–Crippen MR) is 97.4 cm³/mol. The van der Waals surface area contributed by atoms with Crippen molar-refractivity contribution in [3.05, 3.63) is 57.5 Å². The summed E-state index contributed by atoms with van der Waals surface area (Å²) in [6.45, 7) is 4.24. The molecule has 4 nitrogen and oxygen atoms in total. The molecule has 0 aliphatic heterocycles. The number of aromatic hydroxyl groups is 1. The average molecular weight is 320 g/mol. The largest absolute Gasteiger partial charge is 0.507 e. The Morgan fingerprint density at radius 3 is 2.83 bits per heavy atom. The lowest BCUT2D eigenvalue weighted by Crippen LogP contribution is -2.24. The number of hydrogen-bond acceptors (Lipinski definition) is 2. The van der Waals surface area contributed by atoms with Crippen LogP contribution in [0.15, 0.2) is 35.3 Å². The summed E-state index contributed by atoms with van der Waals surface area (Å²) in [5.74, 6) is 0.130. The van der Waals surface area contributed by atoms with Gasteiger partial charge in [-0.1, -0.05) is 12.2 Å². The van der Waals surface area contributed by atoms with E-state index in [2.05, 4.69) is 34.9 Å². The molecule has 0 unspecified atom stereocenters. The van der Waals surface area contributed by atoms with Crippen LogP contribution >= 0.6 is 0 Å². The van der Waals surface area contributed by atoms with Gasteiger partial charge in [-0.2, -0.15) is 0 Å². The maximum atomic E-state index is 12.7. The molecule has 0 amide bonds. The zero-order valence-corrected chi connectivity index (χ0v) is 14.1. The van der Waals surface area contributed by atoms with Crippen LogP contribution in [-0.4, -0.2) is 14.2 Å². The van der Waals surface area contributed by atoms with Gasteiger partial charge in [-0.25, -0.2) is 0 Å². The first-order valence-corrected chi connectivity index (χ1v) is 8.24. The first kappa shape index (κ1) is 14.8. The fourth-order valence-electron chi connectivity index (χ4n) is 3.69. The van der Waals surface area contributed by atoms with Crippen LogP contribution in [0.4, 0.5) is 0 Å². The van der Waals surface area contributed by atoms with Gasteiger partial charge in [0.2, 0.25) is 0 Å². The summed E-state index contributed by atoms with van der Waals surface area (Å²) in [5, 5.41) is 11.7. The third-order valence-corrected chi connectivity index (χ3v) is 5.01. The number of pyridine rings is 1. The molecule has 1 aliphatic rings. The summed E-state index contributed by atoms with van der Waals surface area (Å²) >= 11 is 0. The summed E-state index contributed by atoms with van der Waals surface area (Å²) in [6, 6.07) is 6.35. The molecule has 4 rings (SSSR count). The molecular formula is C20H20N2O2. The molecule has 0 saturated heterocycles. The highest BCUT2D eigenvalue weighted by Gasteiger charge is 2.22. The van der Waals surface area contributed by atoms with Crippen LogP contribution in [0.2, 0.25) is 0 Å². The van der Waals surface area contributed by atoms with Crippen LogP contribution < -0.4 is 5.56 Å². The topological polar surface area (TPSA) is 47.2 Å². The van der Waals surface area contributed by atoms with E-state index in [4.69, 9.17) is 0 Å². The van der Waals surface area contributed by atoms with Crippen molar-refractivity contribution in [2.24, 2.45) is 7.05 Å². The molecule has 2 aromatic heterocycles. The Balaban J connectivity index is 2.18. The Bertz CT molecular complexity index is 1070. The first-order chi connectivity index (χ1) is 11.5. The third kappa shape index (κ3) is 1.89. The Morgan fingerprint density at radius 1 is 1.29 bits per heavy atom. The molecule has 0 spiro atoms. The predicted octanol–water partition coefficient (Wildman–Crippen LogP) is 3.61. The van der Waals surface area contributed by atoms with Gasteiger partial charge >= 0.3 is 0 Å². The van der Waals surface area contributed by atoms with Crippen molar-refractivity contribution in [3.8, 4) is 17.0 Å². The molecule has 4 heteroatoms. The Labute approximate surface area is 140 Å². The molecule has 0 saturated carbocycles. The van der Waals surface area contributed by atoms with Crippen molar-refractivity contribution in [1.29, 1.82) is 0 Å². The lowest BCUT2D eigenvalue weighted by molar-refractivity contribution is 0.460. The number of allylic oxidation sites excluding steroid dienone is 1. The number of fused-ring (bicyclic) bond motifs is 4. The van der Waals surface area contributed by atoms with Gasteiger partial charge in [0.25, 0.3) is 5.56 Å². The highest BCUT2D eigenvalue weighted by atomic mass is 16.3. The highest BCUT2D eigenvalue weighted by molar-refractivity contribution is 5.92. The molecule has 1 aliphatic carbocycles. The van der Waals surface area contributed by atoms with E-state index in [-0.39, 0.29) is 11.3 Å². The molecule has 2 heterocycles. The van der Waals surface area contributed by atoms with E-state index in [0.717, 1.165) is 33.3 Å². The number of benzene rings is 1. The summed E-state index contributed by atoms with van der Waals surface area (Å²) in [7, 11) is 2.03. The van der Waals surface area contributed by atoms with Crippen molar-refractivity contribution in [1.82, 2.24) is 9.13 Å². The van der Waals surface area contributed by atoms with Gasteiger partial charge < -0.3 is 14.2 Å². The zero-order valence-electron chi connectivity index (χ0n) is 14.1. The molecular weight excluding hydrogens is 300 g/mol. The van der Waals surface area contributed by atoms with Crippen molar-refractivity contribution in [3.63, 3.8) is 0 Å². The molecule has 24 heavy (non-hydrogen) atoms. The summed E-state index contributed by atoms with van der Waals surface area (Å²) in [4.78, 5) is 12.7. The van der Waals surface area contributed by atoms with E-state index in [1.165, 1.54) is 0 Å². The second kappa shape index (κ2) is 5.13. The zero-order chi connectivity index (χ0) is 17.0. The maximum Gasteiger partial charge on any atom is 0.257 e. The van der Waals surface area contributed by atoms with Crippen LogP contribution in [0, 0.1) is 6.92 Å². The summed E-state index contributed by atoms with van der Waals surface area (Å²) in [5.41, 5.74) is 5.22. The molecule has 1 N–H and O–H groups in total. The maximum absolute atomic E-state index is 12.7. The van der Waals surface area contributed by atoms with Crippen molar-refractivity contribution in [2.75, 3.05) is 0 Å². The van der Waals surface area contributed by atoms with Gasteiger partial charge in [0.1, 0.15) is 5.75 Å². The molecule has 0 atom stereocenters. The third-order valence-electron chi connectivity index (χ3n) is 5.01. The van der Waals surface area contributed by atoms with Crippen LogP contribution in [0.1, 0.15) is 23.6 Å². The van der Waals surface area contributed by atoms with E-state index < -0.39 is 0 Å². The molecule has 0 radical (unpaired) electrons. The Kier molecular flexibility index (Phi) is 3.17. The fraction of sp³-hybridized carbons (Fsp3) is 0.250. The normalized spacial score (nSPS) is 13.0. The Morgan fingerprint density at radius 2 is 2.08 bits per heavy atom. The standard InChI is InChI=1S/C20H20N2O2/c1-4-22-18-15(19(23)12(2)20(22)24)7-5-6-13-11-17-14(10-16(13)18)8-9-21(17)3/h5-6,8-11,23H,4,7H2,1-3H3.